The summed E-state index contributed by atoms with van der Waals surface area (Å²) in [7, 11) is 0. The second-order valence-corrected chi connectivity index (χ2v) is 8.32. The number of aryl methyl sites for hydroxylation is 1. The molecule has 2 N–H and O–H groups in total. The van der Waals surface area contributed by atoms with Gasteiger partial charge >= 0.3 is 0 Å². The quantitative estimate of drug-likeness (QED) is 0.543. The van der Waals surface area contributed by atoms with Crippen molar-refractivity contribution in [2.75, 3.05) is 5.32 Å². The van der Waals surface area contributed by atoms with Crippen molar-refractivity contribution in [3.05, 3.63) is 76.4 Å². The highest BCUT2D eigenvalue weighted by Gasteiger charge is 2.30. The Morgan fingerprint density at radius 2 is 1.70 bits per heavy atom. The summed E-state index contributed by atoms with van der Waals surface area (Å²) in [5.74, 6) is 0.853. The number of carbonyl (C=O) groups is 2. The Bertz CT molecular complexity index is 1060. The van der Waals surface area contributed by atoms with Crippen LogP contribution in [0.3, 0.4) is 0 Å². The summed E-state index contributed by atoms with van der Waals surface area (Å²) in [6.45, 7) is 2.23. The Hall–Kier alpha value is -3.19. The molecule has 1 aliphatic rings. The van der Waals surface area contributed by atoms with Gasteiger partial charge in [-0.05, 0) is 73.4 Å². The number of ether oxygens (including phenoxy) is 1. The van der Waals surface area contributed by atoms with Crippen molar-refractivity contribution in [1.29, 1.82) is 0 Å². The Morgan fingerprint density at radius 3 is 2.33 bits per heavy atom. The molecule has 154 valence electrons. The van der Waals surface area contributed by atoms with Crippen molar-refractivity contribution in [2.24, 2.45) is 5.92 Å². The molecule has 2 amide bonds. The first-order valence-corrected chi connectivity index (χ1v) is 10.5. The predicted molar refractivity (Wildman–Crippen MR) is 114 cm³/mol. The minimum atomic E-state index is -0.313. The summed E-state index contributed by atoms with van der Waals surface area (Å²) >= 11 is 1.29. The Morgan fingerprint density at radius 1 is 1.07 bits per heavy atom. The first-order valence-electron chi connectivity index (χ1n) is 9.70. The van der Waals surface area contributed by atoms with Crippen LogP contribution in [0.1, 0.15) is 33.6 Å². The van der Waals surface area contributed by atoms with Gasteiger partial charge in [0.2, 0.25) is 5.91 Å². The summed E-state index contributed by atoms with van der Waals surface area (Å²) in [5, 5.41) is 6.50. The minimum Gasteiger partial charge on any atom is -0.457 e. The molecule has 0 spiro atoms. The van der Waals surface area contributed by atoms with Crippen LogP contribution in [-0.2, 0) is 11.3 Å². The number of anilines is 1. The van der Waals surface area contributed by atoms with E-state index in [1.165, 1.54) is 23.5 Å². The van der Waals surface area contributed by atoms with Gasteiger partial charge in [-0.3, -0.25) is 9.59 Å². The number of carbonyl (C=O) groups excluding carboxylic acids is 2. The number of nitrogens with one attached hydrogen (secondary N) is 2. The van der Waals surface area contributed by atoms with E-state index in [0.29, 0.717) is 27.9 Å². The van der Waals surface area contributed by atoms with E-state index in [0.717, 1.165) is 24.0 Å². The third-order valence-electron chi connectivity index (χ3n) is 4.74. The molecule has 0 radical (unpaired) electrons. The molecule has 1 saturated carbocycles. The fourth-order valence-corrected chi connectivity index (χ4v) is 3.91. The molecule has 7 heteroatoms. The van der Waals surface area contributed by atoms with Crippen molar-refractivity contribution < 1.29 is 18.7 Å². The van der Waals surface area contributed by atoms with Crippen LogP contribution in [-0.4, -0.2) is 11.8 Å². The molecule has 5 nitrogen and oxygen atoms in total. The number of benzene rings is 2. The van der Waals surface area contributed by atoms with E-state index in [1.54, 1.807) is 24.3 Å². The summed E-state index contributed by atoms with van der Waals surface area (Å²) in [6, 6.07) is 15.0. The van der Waals surface area contributed by atoms with Crippen molar-refractivity contribution in [3.63, 3.8) is 0 Å². The fourth-order valence-electron chi connectivity index (χ4n) is 2.91. The molecule has 1 aliphatic carbocycles. The molecular formula is C23H21FN2O3S. The maximum atomic E-state index is 13.0. The van der Waals surface area contributed by atoms with Gasteiger partial charge in [-0.25, -0.2) is 4.39 Å². The highest BCUT2D eigenvalue weighted by atomic mass is 32.1. The van der Waals surface area contributed by atoms with Gasteiger partial charge in [0.15, 0.2) is 0 Å². The molecule has 1 heterocycles. The van der Waals surface area contributed by atoms with Gasteiger partial charge in [0.05, 0.1) is 9.88 Å². The van der Waals surface area contributed by atoms with E-state index in [4.69, 9.17) is 4.74 Å². The van der Waals surface area contributed by atoms with Crippen molar-refractivity contribution in [1.82, 2.24) is 5.32 Å². The highest BCUT2D eigenvalue weighted by Crippen LogP contribution is 2.32. The number of thiophene rings is 1. The van der Waals surface area contributed by atoms with Crippen LogP contribution in [0.15, 0.2) is 54.6 Å². The normalized spacial score (nSPS) is 13.0. The van der Waals surface area contributed by atoms with E-state index in [1.807, 2.05) is 25.1 Å². The van der Waals surface area contributed by atoms with Crippen LogP contribution in [0, 0.1) is 18.7 Å². The minimum absolute atomic E-state index is 0.0335. The molecule has 3 aromatic rings. The molecule has 0 bridgehead atoms. The van der Waals surface area contributed by atoms with E-state index < -0.39 is 0 Å². The van der Waals surface area contributed by atoms with E-state index >= 15 is 0 Å². The van der Waals surface area contributed by atoms with Gasteiger partial charge in [-0.15, -0.1) is 11.3 Å². The van der Waals surface area contributed by atoms with Crippen LogP contribution < -0.4 is 15.4 Å². The van der Waals surface area contributed by atoms with Crippen molar-refractivity contribution in [3.8, 4) is 11.5 Å². The summed E-state index contributed by atoms with van der Waals surface area (Å²) in [5.41, 5.74) is 1.76. The van der Waals surface area contributed by atoms with E-state index in [2.05, 4.69) is 10.6 Å². The van der Waals surface area contributed by atoms with Gasteiger partial charge in [-0.1, -0.05) is 12.1 Å². The zero-order valence-corrected chi connectivity index (χ0v) is 17.2. The topological polar surface area (TPSA) is 67.4 Å². The van der Waals surface area contributed by atoms with Gasteiger partial charge in [0.25, 0.3) is 5.91 Å². The summed E-state index contributed by atoms with van der Waals surface area (Å²) < 4.78 is 18.6. The summed E-state index contributed by atoms with van der Waals surface area (Å²) in [4.78, 5) is 25.0. The zero-order chi connectivity index (χ0) is 21.1. The first-order chi connectivity index (χ1) is 14.5. The standard InChI is InChI=1S/C23H21FN2O3S/c1-14-12-20(26-22(27)16-4-5-16)30-21(14)23(28)25-13-15-2-8-18(9-3-15)29-19-10-6-17(24)7-11-19/h2-3,6-12,16H,4-5,13H2,1H3,(H,25,28)(H,26,27). The second kappa shape index (κ2) is 8.67. The lowest BCUT2D eigenvalue weighted by atomic mass is 10.2. The van der Waals surface area contributed by atoms with Crippen LogP contribution in [0.2, 0.25) is 0 Å². The van der Waals surface area contributed by atoms with Crippen LogP contribution in [0.5, 0.6) is 11.5 Å². The van der Waals surface area contributed by atoms with Crippen LogP contribution >= 0.6 is 11.3 Å². The lowest BCUT2D eigenvalue weighted by molar-refractivity contribution is -0.117. The summed E-state index contributed by atoms with van der Waals surface area (Å²) in [6.07, 6.45) is 1.88. The molecule has 0 saturated heterocycles. The molecule has 1 aromatic heterocycles. The molecule has 30 heavy (non-hydrogen) atoms. The van der Waals surface area contributed by atoms with Crippen molar-refractivity contribution in [2.45, 2.75) is 26.3 Å². The lowest BCUT2D eigenvalue weighted by Crippen LogP contribution is -2.22. The number of hydrogen-bond donors (Lipinski definition) is 2. The zero-order valence-electron chi connectivity index (χ0n) is 16.4. The van der Waals surface area contributed by atoms with Crippen molar-refractivity contribution >= 4 is 28.2 Å². The SMILES string of the molecule is Cc1cc(NC(=O)C2CC2)sc1C(=O)NCc1ccc(Oc2ccc(F)cc2)cc1. The number of hydrogen-bond acceptors (Lipinski definition) is 4. The maximum absolute atomic E-state index is 13.0. The number of halogens is 1. The average molecular weight is 424 g/mol. The van der Waals surface area contributed by atoms with Gasteiger partial charge in [-0.2, -0.15) is 0 Å². The molecule has 2 aromatic carbocycles. The lowest BCUT2D eigenvalue weighted by Gasteiger charge is -2.08. The highest BCUT2D eigenvalue weighted by molar-refractivity contribution is 7.18. The average Bonchev–Trinajstić information content (AvgIpc) is 3.52. The third-order valence-corrected chi connectivity index (χ3v) is 5.90. The van der Waals surface area contributed by atoms with Crippen LogP contribution in [0.4, 0.5) is 9.39 Å². The molecule has 1 fully saturated rings. The monoisotopic (exact) mass is 424 g/mol. The van der Waals surface area contributed by atoms with E-state index in [9.17, 15) is 14.0 Å². The Balaban J connectivity index is 1.31. The molecule has 4 rings (SSSR count). The van der Waals surface area contributed by atoms with E-state index in [-0.39, 0.29) is 23.5 Å². The predicted octanol–water partition coefficient (Wildman–Crippen LogP) is 5.27. The van der Waals surface area contributed by atoms with Gasteiger partial charge in [0, 0.05) is 12.5 Å². The fraction of sp³-hybridized carbons (Fsp3) is 0.217. The Labute approximate surface area is 177 Å². The van der Waals surface area contributed by atoms with Crippen LogP contribution in [0.25, 0.3) is 0 Å². The molecular weight excluding hydrogens is 403 g/mol. The molecule has 0 unspecified atom stereocenters. The Kier molecular flexibility index (Phi) is 5.81. The number of amides is 2. The van der Waals surface area contributed by atoms with Gasteiger partial charge in [0.1, 0.15) is 17.3 Å². The largest absolute Gasteiger partial charge is 0.457 e. The smallest absolute Gasteiger partial charge is 0.261 e. The maximum Gasteiger partial charge on any atom is 0.261 e. The second-order valence-electron chi connectivity index (χ2n) is 7.27. The first kappa shape index (κ1) is 20.1. The molecule has 0 aliphatic heterocycles. The van der Waals surface area contributed by atoms with Gasteiger partial charge < -0.3 is 15.4 Å². The number of rotatable bonds is 7. The third kappa shape index (κ3) is 5.04. The molecule has 0 atom stereocenters.